The van der Waals surface area contributed by atoms with Gasteiger partial charge >= 0.3 is 11.9 Å². The Morgan fingerprint density at radius 3 is 1.75 bits per heavy atom. The van der Waals surface area contributed by atoms with Gasteiger partial charge < -0.3 is 9.84 Å². The summed E-state index contributed by atoms with van der Waals surface area (Å²) in [6.07, 6.45) is 0.932. The minimum atomic E-state index is -0.833. The molecule has 0 heterocycles. The molecule has 0 fully saturated rings. The summed E-state index contributed by atoms with van der Waals surface area (Å²) in [7, 11) is 0. The van der Waals surface area contributed by atoms with Crippen LogP contribution >= 0.6 is 0 Å². The Kier molecular flexibility index (Phi) is 8.06. The van der Waals surface area contributed by atoms with Gasteiger partial charge in [0.05, 0.1) is 0 Å². The zero-order valence-corrected chi connectivity index (χ0v) is 6.86. The molecule has 0 aliphatic rings. The fraction of sp³-hybridized carbons (Fsp3) is 0.286. The smallest absolute Gasteiger partial charge is 0.337 e. The van der Waals surface area contributed by atoms with Crippen LogP contribution in [0.5, 0.6) is 0 Å². The largest absolute Gasteiger partial charge is 0.481 e. The number of carbonyl (C=O) groups excluding carboxylic acids is 2. The Labute approximate surface area is 69.6 Å². The molecule has 0 aliphatic heterocycles. The fourth-order valence-corrected chi connectivity index (χ4v) is 0.183. The van der Waals surface area contributed by atoms with E-state index in [4.69, 9.17) is 9.90 Å². The molecule has 0 amide bonds. The molecule has 1 N–H and O–H groups in total. The van der Waals surface area contributed by atoms with Crippen molar-refractivity contribution >= 4 is 17.9 Å². The highest BCUT2D eigenvalue weighted by Crippen LogP contribution is 1.77. The van der Waals surface area contributed by atoms with Crippen LogP contribution in [0.25, 0.3) is 0 Å². The van der Waals surface area contributed by atoms with E-state index < -0.39 is 17.9 Å². The van der Waals surface area contributed by atoms with E-state index in [9.17, 15) is 9.59 Å². The van der Waals surface area contributed by atoms with Crippen LogP contribution < -0.4 is 0 Å². The van der Waals surface area contributed by atoms with E-state index in [-0.39, 0.29) is 0 Å². The summed E-state index contributed by atoms with van der Waals surface area (Å²) in [6.45, 7) is 5.32. The van der Waals surface area contributed by atoms with Crippen molar-refractivity contribution in [2.24, 2.45) is 0 Å². The van der Waals surface area contributed by atoms with Gasteiger partial charge in [0.1, 0.15) is 0 Å². The van der Waals surface area contributed by atoms with Gasteiger partial charge in [-0.3, -0.25) is 9.59 Å². The summed E-state index contributed by atoms with van der Waals surface area (Å²) in [4.78, 5) is 29.0. The number of hydrogen-bond acceptors (Lipinski definition) is 4. The molecule has 5 heteroatoms. The molecule has 0 aromatic carbocycles. The lowest BCUT2D eigenvalue weighted by atomic mass is 10.6. The standard InChI is InChI=1S/C5H6O3.C2H4O2/c1-3-5(7)8-4(2)6;1-2(3)4/h3H,1H2,2H3;1H3,(H,3,4). The Bertz CT molecular complexity index is 190. The van der Waals surface area contributed by atoms with E-state index in [1.165, 1.54) is 0 Å². The highest BCUT2D eigenvalue weighted by Gasteiger charge is 1.96. The number of carbonyl (C=O) groups is 3. The van der Waals surface area contributed by atoms with Gasteiger partial charge in [-0.25, -0.2) is 4.79 Å². The van der Waals surface area contributed by atoms with Crippen LogP contribution in [0.15, 0.2) is 12.7 Å². The normalized spacial score (nSPS) is 7.17. The van der Waals surface area contributed by atoms with Gasteiger partial charge in [-0.05, 0) is 0 Å². The molecular formula is C7H10O5. The number of hydrogen-bond donors (Lipinski definition) is 1. The van der Waals surface area contributed by atoms with Crippen molar-refractivity contribution in [3.8, 4) is 0 Å². The highest BCUT2D eigenvalue weighted by atomic mass is 16.6. The molecular weight excluding hydrogens is 164 g/mol. The van der Waals surface area contributed by atoms with Crippen LogP contribution in [-0.4, -0.2) is 23.0 Å². The lowest BCUT2D eigenvalue weighted by Gasteiger charge is -1.89. The molecule has 68 valence electrons. The summed E-state index contributed by atoms with van der Waals surface area (Å²) >= 11 is 0. The van der Waals surface area contributed by atoms with E-state index in [2.05, 4.69) is 11.3 Å². The van der Waals surface area contributed by atoms with Crippen LogP contribution in [0.2, 0.25) is 0 Å². The van der Waals surface area contributed by atoms with Gasteiger partial charge in [0.2, 0.25) is 0 Å². The first kappa shape index (κ1) is 13.0. The Balaban J connectivity index is 0. The molecule has 0 bridgehead atoms. The Hall–Kier alpha value is -1.65. The quantitative estimate of drug-likeness (QED) is 0.352. The van der Waals surface area contributed by atoms with E-state index in [0.717, 1.165) is 19.9 Å². The Morgan fingerprint density at radius 2 is 1.67 bits per heavy atom. The zero-order valence-electron chi connectivity index (χ0n) is 6.86. The first-order valence-electron chi connectivity index (χ1n) is 2.94. The van der Waals surface area contributed by atoms with Crippen molar-refractivity contribution in [2.75, 3.05) is 0 Å². The predicted molar refractivity (Wildman–Crippen MR) is 40.3 cm³/mol. The van der Waals surface area contributed by atoms with E-state index >= 15 is 0 Å². The van der Waals surface area contributed by atoms with Crippen molar-refractivity contribution in [3.05, 3.63) is 12.7 Å². The second-order valence-corrected chi connectivity index (χ2v) is 1.64. The lowest BCUT2D eigenvalue weighted by molar-refractivity contribution is -0.154. The van der Waals surface area contributed by atoms with E-state index in [1.807, 2.05) is 0 Å². The monoisotopic (exact) mass is 174 g/mol. The van der Waals surface area contributed by atoms with Crippen molar-refractivity contribution in [1.82, 2.24) is 0 Å². The first-order valence-corrected chi connectivity index (χ1v) is 2.94. The van der Waals surface area contributed by atoms with Crippen LogP contribution in [0, 0.1) is 0 Å². The molecule has 0 spiro atoms. The molecule has 0 rings (SSSR count). The van der Waals surface area contributed by atoms with Crippen molar-refractivity contribution in [3.63, 3.8) is 0 Å². The highest BCUT2D eigenvalue weighted by molar-refractivity contribution is 5.90. The maximum Gasteiger partial charge on any atom is 0.337 e. The van der Waals surface area contributed by atoms with Crippen LogP contribution in [0.1, 0.15) is 13.8 Å². The SMILES string of the molecule is C=CC(=O)OC(C)=O.CC(=O)O. The molecule has 0 atom stereocenters. The molecule has 5 nitrogen and oxygen atoms in total. The van der Waals surface area contributed by atoms with Crippen molar-refractivity contribution in [2.45, 2.75) is 13.8 Å². The Morgan fingerprint density at radius 1 is 1.33 bits per heavy atom. The van der Waals surface area contributed by atoms with Gasteiger partial charge in [0.25, 0.3) is 5.97 Å². The van der Waals surface area contributed by atoms with Gasteiger partial charge in [0, 0.05) is 19.9 Å². The fourth-order valence-electron chi connectivity index (χ4n) is 0.183. The van der Waals surface area contributed by atoms with Gasteiger partial charge in [0.15, 0.2) is 0 Å². The lowest BCUT2D eigenvalue weighted by Crippen LogP contribution is -2.04. The number of ether oxygens (including phenoxy) is 1. The van der Waals surface area contributed by atoms with Crippen molar-refractivity contribution < 1.29 is 24.2 Å². The molecule has 0 saturated heterocycles. The zero-order chi connectivity index (χ0) is 10.1. The number of esters is 2. The number of carboxylic acids is 1. The molecule has 0 aliphatic carbocycles. The van der Waals surface area contributed by atoms with Gasteiger partial charge in [-0.2, -0.15) is 0 Å². The predicted octanol–water partition coefficient (Wildman–Crippen LogP) is 0.353. The van der Waals surface area contributed by atoms with Crippen LogP contribution in [0.3, 0.4) is 0 Å². The van der Waals surface area contributed by atoms with Gasteiger partial charge in [-0.15, -0.1) is 0 Å². The molecule has 0 aromatic rings. The molecule has 0 saturated carbocycles. The average molecular weight is 174 g/mol. The number of rotatable bonds is 1. The molecule has 0 radical (unpaired) electrons. The van der Waals surface area contributed by atoms with Crippen molar-refractivity contribution in [1.29, 1.82) is 0 Å². The maximum absolute atomic E-state index is 10.1. The first-order chi connectivity index (χ1) is 5.40. The summed E-state index contributed by atoms with van der Waals surface area (Å²) in [5.74, 6) is -2.16. The van der Waals surface area contributed by atoms with E-state index in [1.54, 1.807) is 0 Å². The third-order valence-corrected chi connectivity index (χ3v) is 0.411. The summed E-state index contributed by atoms with van der Waals surface area (Å²) in [5, 5.41) is 7.42. The summed E-state index contributed by atoms with van der Waals surface area (Å²) < 4.78 is 4.00. The summed E-state index contributed by atoms with van der Waals surface area (Å²) in [5.41, 5.74) is 0. The maximum atomic E-state index is 10.1. The second kappa shape index (κ2) is 7.46. The number of carboxylic acid groups (broad SMARTS) is 1. The molecule has 12 heavy (non-hydrogen) atoms. The third kappa shape index (κ3) is 23.8. The molecule has 0 unspecified atom stereocenters. The summed E-state index contributed by atoms with van der Waals surface area (Å²) in [6, 6.07) is 0. The topological polar surface area (TPSA) is 80.7 Å². The second-order valence-electron chi connectivity index (χ2n) is 1.64. The number of aliphatic carboxylic acids is 1. The minimum Gasteiger partial charge on any atom is -0.481 e. The third-order valence-electron chi connectivity index (χ3n) is 0.411. The average Bonchev–Trinajstić information content (AvgIpc) is 1.84. The van der Waals surface area contributed by atoms with E-state index in [0.29, 0.717) is 0 Å². The minimum absolute atomic E-state index is 0.616. The van der Waals surface area contributed by atoms with Crippen LogP contribution in [-0.2, 0) is 19.1 Å². The van der Waals surface area contributed by atoms with Crippen LogP contribution in [0.4, 0.5) is 0 Å². The van der Waals surface area contributed by atoms with Gasteiger partial charge in [-0.1, -0.05) is 6.58 Å². The molecule has 0 aromatic heterocycles.